The Labute approximate surface area is 119 Å². The van der Waals surface area contributed by atoms with E-state index < -0.39 is 0 Å². The van der Waals surface area contributed by atoms with Crippen LogP contribution in [0.4, 0.5) is 0 Å². The molecule has 3 saturated heterocycles. The number of hydrogen-bond acceptors (Lipinski definition) is 5. The molecule has 6 heteroatoms. The molecule has 3 unspecified atom stereocenters. The molecular formula is C13H22N2O3S. The first kappa shape index (κ1) is 13.7. The van der Waals surface area contributed by atoms with E-state index in [9.17, 15) is 0 Å². The van der Waals surface area contributed by atoms with Crippen LogP contribution in [0.3, 0.4) is 0 Å². The average Bonchev–Trinajstić information content (AvgIpc) is 2.87. The Morgan fingerprint density at radius 2 is 2.21 bits per heavy atom. The second-order valence-corrected chi connectivity index (χ2v) is 6.21. The summed E-state index contributed by atoms with van der Waals surface area (Å²) in [6.45, 7) is 4.88. The molecule has 0 aromatic carbocycles. The van der Waals surface area contributed by atoms with Crippen molar-refractivity contribution in [3.8, 4) is 0 Å². The Morgan fingerprint density at radius 3 is 2.95 bits per heavy atom. The van der Waals surface area contributed by atoms with Crippen LogP contribution in [-0.2, 0) is 14.2 Å². The van der Waals surface area contributed by atoms with Crippen molar-refractivity contribution in [3.05, 3.63) is 0 Å². The number of nitrogens with two attached hydrogens (primary N) is 1. The van der Waals surface area contributed by atoms with E-state index in [1.807, 2.05) is 0 Å². The summed E-state index contributed by atoms with van der Waals surface area (Å²) in [5, 5.41) is 0. The van der Waals surface area contributed by atoms with Crippen molar-refractivity contribution in [1.82, 2.24) is 4.90 Å². The second-order valence-electron chi connectivity index (χ2n) is 5.74. The minimum atomic E-state index is -0.0950. The summed E-state index contributed by atoms with van der Waals surface area (Å²) in [6.07, 6.45) is 3.05. The van der Waals surface area contributed by atoms with Crippen LogP contribution >= 0.6 is 12.2 Å². The van der Waals surface area contributed by atoms with Crippen LogP contribution in [0.25, 0.3) is 0 Å². The van der Waals surface area contributed by atoms with Crippen LogP contribution in [0.1, 0.15) is 19.3 Å². The molecule has 0 bridgehead atoms. The van der Waals surface area contributed by atoms with Gasteiger partial charge in [-0.2, -0.15) is 0 Å². The van der Waals surface area contributed by atoms with Crippen LogP contribution in [0.2, 0.25) is 0 Å². The number of hydrogen-bond donors (Lipinski definition) is 1. The molecule has 3 rings (SSSR count). The van der Waals surface area contributed by atoms with E-state index in [1.165, 1.54) is 0 Å². The van der Waals surface area contributed by atoms with Gasteiger partial charge in [0.15, 0.2) is 0 Å². The first-order valence-electron chi connectivity index (χ1n) is 7.05. The number of nitrogens with zero attached hydrogens (tertiary/aromatic N) is 1. The minimum Gasteiger partial charge on any atom is -0.391 e. The topological polar surface area (TPSA) is 57.0 Å². The van der Waals surface area contributed by atoms with Crippen LogP contribution < -0.4 is 5.73 Å². The van der Waals surface area contributed by atoms with Gasteiger partial charge in [0, 0.05) is 38.8 Å². The highest BCUT2D eigenvalue weighted by Crippen LogP contribution is 2.35. The van der Waals surface area contributed by atoms with Gasteiger partial charge in [0.25, 0.3) is 0 Å². The van der Waals surface area contributed by atoms with Gasteiger partial charge < -0.3 is 19.9 Å². The molecule has 19 heavy (non-hydrogen) atoms. The largest absolute Gasteiger partial charge is 0.391 e. The first-order chi connectivity index (χ1) is 9.19. The molecule has 0 radical (unpaired) electrons. The molecule has 5 nitrogen and oxygen atoms in total. The highest BCUT2D eigenvalue weighted by atomic mass is 32.1. The van der Waals surface area contributed by atoms with Crippen molar-refractivity contribution in [2.75, 3.05) is 39.5 Å². The summed E-state index contributed by atoms with van der Waals surface area (Å²) in [4.78, 5) is 2.94. The Kier molecular flexibility index (Phi) is 4.05. The smallest absolute Gasteiger partial charge is 0.120 e. The zero-order valence-corrected chi connectivity index (χ0v) is 12.0. The van der Waals surface area contributed by atoms with Gasteiger partial charge in [-0.1, -0.05) is 12.2 Å². The van der Waals surface area contributed by atoms with Crippen molar-refractivity contribution in [2.24, 2.45) is 5.73 Å². The highest BCUT2D eigenvalue weighted by molar-refractivity contribution is 7.80. The summed E-state index contributed by atoms with van der Waals surface area (Å²) < 4.78 is 17.1. The van der Waals surface area contributed by atoms with E-state index in [2.05, 4.69) is 4.90 Å². The van der Waals surface area contributed by atoms with Crippen LogP contribution in [0.15, 0.2) is 0 Å². The summed E-state index contributed by atoms with van der Waals surface area (Å²) in [5.41, 5.74) is 5.67. The highest BCUT2D eigenvalue weighted by Gasteiger charge is 2.43. The second kappa shape index (κ2) is 5.61. The standard InChI is InChI=1S/C13H22N2O3S/c14-12(19)11-8-15(3-6-17-11)10-1-4-18-13(7-10)2-5-16-9-13/h10-11H,1-9H2,(H2,14,19). The normalized spacial score (nSPS) is 40.6. The fourth-order valence-electron chi connectivity index (χ4n) is 3.35. The van der Waals surface area contributed by atoms with Gasteiger partial charge in [-0.05, 0) is 12.8 Å². The zero-order chi connectivity index (χ0) is 13.3. The predicted octanol–water partition coefficient (Wildman–Crippen LogP) is 0.311. The third-order valence-electron chi connectivity index (χ3n) is 4.47. The Morgan fingerprint density at radius 1 is 1.32 bits per heavy atom. The molecule has 108 valence electrons. The lowest BCUT2D eigenvalue weighted by Gasteiger charge is -2.44. The first-order valence-corrected chi connectivity index (χ1v) is 7.46. The van der Waals surface area contributed by atoms with Crippen molar-refractivity contribution in [3.63, 3.8) is 0 Å². The molecule has 3 fully saturated rings. The molecule has 0 aromatic heterocycles. The lowest BCUT2D eigenvalue weighted by Crippen LogP contribution is -2.55. The van der Waals surface area contributed by atoms with Crippen LogP contribution in [-0.4, -0.2) is 67.2 Å². The van der Waals surface area contributed by atoms with Gasteiger partial charge in [-0.3, -0.25) is 4.90 Å². The number of rotatable bonds is 2. The SMILES string of the molecule is NC(=S)C1CN(C2CCOC3(CCOC3)C2)CCO1. The van der Waals surface area contributed by atoms with Gasteiger partial charge in [0.2, 0.25) is 0 Å². The van der Waals surface area contributed by atoms with Crippen molar-refractivity contribution in [1.29, 1.82) is 0 Å². The summed E-state index contributed by atoms with van der Waals surface area (Å²) >= 11 is 5.05. The van der Waals surface area contributed by atoms with Crippen molar-refractivity contribution >= 4 is 17.2 Å². The van der Waals surface area contributed by atoms with Crippen molar-refractivity contribution < 1.29 is 14.2 Å². The average molecular weight is 286 g/mol. The van der Waals surface area contributed by atoms with Crippen LogP contribution in [0, 0.1) is 0 Å². The molecule has 3 aliphatic heterocycles. The maximum absolute atomic E-state index is 5.99. The van der Waals surface area contributed by atoms with Gasteiger partial charge >= 0.3 is 0 Å². The molecule has 3 aliphatic rings. The van der Waals surface area contributed by atoms with E-state index in [0.717, 1.165) is 52.2 Å². The Bertz CT molecular complexity index is 347. The summed E-state index contributed by atoms with van der Waals surface area (Å²) in [7, 11) is 0. The van der Waals surface area contributed by atoms with Gasteiger partial charge in [0.05, 0.1) is 18.8 Å². The number of ether oxygens (including phenoxy) is 3. The maximum atomic E-state index is 5.99. The Hall–Kier alpha value is -0.270. The molecule has 1 spiro atoms. The number of thiocarbonyl (C=S) groups is 1. The molecule has 0 amide bonds. The fraction of sp³-hybridized carbons (Fsp3) is 0.923. The van der Waals surface area contributed by atoms with Crippen LogP contribution in [0.5, 0.6) is 0 Å². The monoisotopic (exact) mass is 286 g/mol. The van der Waals surface area contributed by atoms with Crippen molar-refractivity contribution in [2.45, 2.75) is 37.0 Å². The molecule has 0 saturated carbocycles. The van der Waals surface area contributed by atoms with E-state index in [4.69, 9.17) is 32.2 Å². The fourth-order valence-corrected chi connectivity index (χ4v) is 3.49. The lowest BCUT2D eigenvalue weighted by atomic mass is 9.88. The third-order valence-corrected chi connectivity index (χ3v) is 4.73. The molecule has 3 heterocycles. The molecule has 3 atom stereocenters. The lowest BCUT2D eigenvalue weighted by molar-refractivity contribution is -0.118. The van der Waals surface area contributed by atoms with E-state index in [-0.39, 0.29) is 11.7 Å². The number of morpholine rings is 1. The summed E-state index contributed by atoms with van der Waals surface area (Å²) in [5.74, 6) is 0. The predicted molar refractivity (Wildman–Crippen MR) is 75.2 cm³/mol. The molecule has 2 N–H and O–H groups in total. The van der Waals surface area contributed by atoms with Gasteiger partial charge in [0.1, 0.15) is 11.1 Å². The van der Waals surface area contributed by atoms with Gasteiger partial charge in [-0.25, -0.2) is 0 Å². The quantitative estimate of drug-likeness (QED) is 0.738. The molecular weight excluding hydrogens is 264 g/mol. The van der Waals surface area contributed by atoms with E-state index in [1.54, 1.807) is 0 Å². The zero-order valence-electron chi connectivity index (χ0n) is 11.2. The third kappa shape index (κ3) is 2.92. The van der Waals surface area contributed by atoms with Gasteiger partial charge in [-0.15, -0.1) is 0 Å². The molecule has 0 aliphatic carbocycles. The summed E-state index contributed by atoms with van der Waals surface area (Å²) in [6, 6.07) is 0.538. The maximum Gasteiger partial charge on any atom is 0.120 e. The molecule has 0 aromatic rings. The van der Waals surface area contributed by atoms with E-state index >= 15 is 0 Å². The van der Waals surface area contributed by atoms with E-state index in [0.29, 0.717) is 17.6 Å². The Balaban J connectivity index is 1.63. The minimum absolute atomic E-state index is 0.0417.